The van der Waals surface area contributed by atoms with Crippen molar-refractivity contribution in [1.82, 2.24) is 9.13 Å². The van der Waals surface area contributed by atoms with Gasteiger partial charge in [0, 0.05) is 30.4 Å². The summed E-state index contributed by atoms with van der Waals surface area (Å²) in [6.45, 7) is 1.99. The van der Waals surface area contributed by atoms with Crippen LogP contribution in [0.25, 0.3) is 0 Å². The summed E-state index contributed by atoms with van der Waals surface area (Å²) in [6.07, 6.45) is 0.496. The molecular weight excluding hydrogens is 442 g/mol. The van der Waals surface area contributed by atoms with Crippen molar-refractivity contribution in [2.24, 2.45) is 5.73 Å². The normalized spacial score (nSPS) is 15.5. The Morgan fingerprint density at radius 2 is 1.62 bits per heavy atom. The quantitative estimate of drug-likeness (QED) is 0.577. The largest absolute Gasteiger partial charge is 0.393 e. The predicted molar refractivity (Wildman–Crippen MR) is 126 cm³/mol. The van der Waals surface area contributed by atoms with Gasteiger partial charge in [0.15, 0.2) is 0 Å². The number of hydrogen-bond acceptors (Lipinski definition) is 5. The van der Waals surface area contributed by atoms with Crippen molar-refractivity contribution >= 4 is 5.69 Å². The number of anilines is 1. The highest BCUT2D eigenvalue weighted by Gasteiger charge is 2.26. The number of aliphatic hydroxyl groups is 1. The van der Waals surface area contributed by atoms with Crippen LogP contribution in [0.15, 0.2) is 58.1 Å². The highest BCUT2D eigenvalue weighted by molar-refractivity contribution is 5.49. The van der Waals surface area contributed by atoms with E-state index in [1.165, 1.54) is 10.6 Å². The van der Waals surface area contributed by atoms with E-state index >= 15 is 0 Å². The van der Waals surface area contributed by atoms with E-state index in [1.807, 2.05) is 35.2 Å². The Hall–Kier alpha value is -3.30. The first-order valence-electron chi connectivity index (χ1n) is 11.3. The van der Waals surface area contributed by atoms with Crippen molar-refractivity contribution in [3.8, 4) is 0 Å². The third-order valence-electron chi connectivity index (χ3n) is 6.42. The molecule has 1 unspecified atom stereocenters. The summed E-state index contributed by atoms with van der Waals surface area (Å²) in [5.74, 6) is -1.54. The molecule has 0 saturated carbocycles. The van der Waals surface area contributed by atoms with Crippen LogP contribution in [0.2, 0.25) is 0 Å². The Kier molecular flexibility index (Phi) is 6.95. The Balaban J connectivity index is 1.84. The summed E-state index contributed by atoms with van der Waals surface area (Å²) in [6, 6.07) is 12.0. The van der Waals surface area contributed by atoms with Gasteiger partial charge in [-0.05, 0) is 37.5 Å². The number of piperidine rings is 1. The Labute approximate surface area is 195 Å². The van der Waals surface area contributed by atoms with Crippen molar-refractivity contribution < 1.29 is 13.9 Å². The molecule has 1 aromatic heterocycles. The van der Waals surface area contributed by atoms with Gasteiger partial charge in [0.2, 0.25) is 0 Å². The summed E-state index contributed by atoms with van der Waals surface area (Å²) in [4.78, 5) is 28.8. The highest BCUT2D eigenvalue weighted by Crippen LogP contribution is 2.22. The van der Waals surface area contributed by atoms with Gasteiger partial charge in [0.25, 0.3) is 5.56 Å². The number of nitrogens with zero attached hydrogens (tertiary/aromatic N) is 3. The number of halogens is 2. The molecule has 3 N–H and O–H groups in total. The van der Waals surface area contributed by atoms with Crippen molar-refractivity contribution in [2.45, 2.75) is 45.0 Å². The number of aliphatic hydroxyl groups excluding tert-OH is 1. The van der Waals surface area contributed by atoms with Gasteiger partial charge >= 0.3 is 5.69 Å². The molecule has 34 heavy (non-hydrogen) atoms. The van der Waals surface area contributed by atoms with Crippen LogP contribution in [0, 0.1) is 18.6 Å². The number of hydrogen-bond donors (Lipinski definition) is 2. The van der Waals surface area contributed by atoms with Crippen LogP contribution in [0.4, 0.5) is 14.5 Å². The molecule has 1 aliphatic rings. The summed E-state index contributed by atoms with van der Waals surface area (Å²) in [7, 11) is 0. The van der Waals surface area contributed by atoms with E-state index in [0.717, 1.165) is 22.3 Å². The van der Waals surface area contributed by atoms with Crippen molar-refractivity contribution in [1.29, 1.82) is 0 Å². The van der Waals surface area contributed by atoms with Crippen LogP contribution < -0.4 is 21.9 Å². The third kappa shape index (κ3) is 4.67. The molecule has 180 valence electrons. The van der Waals surface area contributed by atoms with Gasteiger partial charge in [-0.2, -0.15) is 0 Å². The molecule has 0 amide bonds. The molecule has 0 radical (unpaired) electrons. The fourth-order valence-electron chi connectivity index (χ4n) is 4.43. The first-order valence-corrected chi connectivity index (χ1v) is 11.3. The van der Waals surface area contributed by atoms with Gasteiger partial charge in [0.05, 0.1) is 19.2 Å². The fraction of sp³-hybridized carbons (Fsp3) is 0.360. The lowest BCUT2D eigenvalue weighted by molar-refractivity contribution is 0.145. The first-order chi connectivity index (χ1) is 16.3. The van der Waals surface area contributed by atoms with Crippen molar-refractivity contribution in [2.75, 3.05) is 18.0 Å². The minimum atomic E-state index is -0.771. The molecule has 2 heterocycles. The smallest absolute Gasteiger partial charge is 0.331 e. The Morgan fingerprint density at radius 1 is 1.00 bits per heavy atom. The van der Waals surface area contributed by atoms with Gasteiger partial charge in [-0.15, -0.1) is 0 Å². The molecule has 7 nitrogen and oxygen atoms in total. The topological polar surface area (TPSA) is 93.5 Å². The Morgan fingerprint density at radius 3 is 2.24 bits per heavy atom. The zero-order valence-corrected chi connectivity index (χ0v) is 19.0. The molecule has 4 rings (SSSR count). The van der Waals surface area contributed by atoms with E-state index in [2.05, 4.69) is 0 Å². The molecule has 1 aliphatic heterocycles. The zero-order chi connectivity index (χ0) is 24.4. The molecule has 0 spiro atoms. The second-order valence-electron chi connectivity index (χ2n) is 8.65. The molecule has 0 bridgehead atoms. The van der Waals surface area contributed by atoms with Gasteiger partial charge in [-0.3, -0.25) is 13.9 Å². The Bertz CT molecular complexity index is 1260. The maximum absolute atomic E-state index is 14.4. The first kappa shape index (κ1) is 23.8. The molecule has 1 saturated heterocycles. The standard InChI is InChI=1S/C25H28F2N4O3/c1-16-23(29-12-10-18(32)11-13-29)24(33)31(15-22(28)17-6-3-2-4-7-17)25(34)30(16)14-19-20(26)8-5-9-21(19)27/h2-9,18,22,32H,10-15,28H2,1H3. The number of rotatable bonds is 6. The van der Waals surface area contributed by atoms with E-state index in [1.54, 1.807) is 6.92 Å². The molecule has 1 atom stereocenters. The summed E-state index contributed by atoms with van der Waals surface area (Å²) in [5.41, 5.74) is 6.23. The molecular formula is C25H28F2N4O3. The molecule has 9 heteroatoms. The van der Waals surface area contributed by atoms with E-state index in [-0.39, 0.29) is 24.3 Å². The second kappa shape index (κ2) is 9.90. The van der Waals surface area contributed by atoms with E-state index < -0.39 is 35.0 Å². The lowest BCUT2D eigenvalue weighted by Crippen LogP contribution is -2.48. The van der Waals surface area contributed by atoms with Gasteiger partial charge < -0.3 is 15.7 Å². The number of aromatic nitrogens is 2. The molecule has 3 aromatic rings. The zero-order valence-electron chi connectivity index (χ0n) is 19.0. The summed E-state index contributed by atoms with van der Waals surface area (Å²) < 4.78 is 31.1. The van der Waals surface area contributed by atoms with Crippen LogP contribution >= 0.6 is 0 Å². The minimum Gasteiger partial charge on any atom is -0.393 e. The SMILES string of the molecule is Cc1c(N2CCC(O)CC2)c(=O)n(CC(N)c2ccccc2)c(=O)n1Cc1c(F)cccc1F. The third-order valence-corrected chi connectivity index (χ3v) is 6.42. The van der Waals surface area contributed by atoms with Crippen molar-refractivity contribution in [3.63, 3.8) is 0 Å². The van der Waals surface area contributed by atoms with Crippen LogP contribution in [0.3, 0.4) is 0 Å². The predicted octanol–water partition coefficient (Wildman–Crippen LogP) is 2.31. The maximum atomic E-state index is 14.4. The van der Waals surface area contributed by atoms with Crippen LogP contribution in [0.5, 0.6) is 0 Å². The van der Waals surface area contributed by atoms with Crippen LogP contribution in [-0.2, 0) is 13.1 Å². The average Bonchev–Trinajstić information content (AvgIpc) is 2.83. The van der Waals surface area contributed by atoms with Crippen molar-refractivity contribution in [3.05, 3.63) is 97.8 Å². The minimum absolute atomic E-state index is 0.0921. The maximum Gasteiger partial charge on any atom is 0.331 e. The van der Waals surface area contributed by atoms with Gasteiger partial charge in [-0.25, -0.2) is 13.6 Å². The highest BCUT2D eigenvalue weighted by atomic mass is 19.1. The fourth-order valence-corrected chi connectivity index (χ4v) is 4.43. The molecule has 1 fully saturated rings. The van der Waals surface area contributed by atoms with E-state index in [9.17, 15) is 23.5 Å². The average molecular weight is 471 g/mol. The van der Waals surface area contributed by atoms with Gasteiger partial charge in [0.1, 0.15) is 17.3 Å². The summed E-state index contributed by atoms with van der Waals surface area (Å²) >= 11 is 0. The second-order valence-corrected chi connectivity index (χ2v) is 8.65. The lowest BCUT2D eigenvalue weighted by Gasteiger charge is -2.33. The van der Waals surface area contributed by atoms with Crippen LogP contribution in [0.1, 0.15) is 35.7 Å². The summed E-state index contributed by atoms with van der Waals surface area (Å²) in [5, 5.41) is 9.90. The molecule has 0 aliphatic carbocycles. The lowest BCUT2D eigenvalue weighted by atomic mass is 10.1. The monoisotopic (exact) mass is 470 g/mol. The molecule has 2 aromatic carbocycles. The van der Waals surface area contributed by atoms with E-state index in [4.69, 9.17) is 5.73 Å². The number of benzene rings is 2. The van der Waals surface area contributed by atoms with Gasteiger partial charge in [-0.1, -0.05) is 36.4 Å². The van der Waals surface area contributed by atoms with E-state index in [0.29, 0.717) is 31.6 Å². The number of nitrogens with two attached hydrogens (primary N) is 1. The van der Waals surface area contributed by atoms with Crippen LogP contribution in [-0.4, -0.2) is 33.4 Å².